The standard InChI is InChI=1S/C21H19N3O/c1-14(15-5-3-2-4-6-15)9-20-22-12-18(13-23-20)16-7-8-19-17(10-16)11-21(25)24-19/h2-8,10,12-14H,9,11H2,1H3,(H,24,25)/t14-/m0/s1. The van der Waals surface area contributed by atoms with Crippen LogP contribution in [0.5, 0.6) is 0 Å². The molecule has 0 unspecified atom stereocenters. The summed E-state index contributed by atoms with van der Waals surface area (Å²) < 4.78 is 0. The molecule has 1 aliphatic heterocycles. The predicted octanol–water partition coefficient (Wildman–Crippen LogP) is 3.98. The van der Waals surface area contributed by atoms with Crippen molar-refractivity contribution in [1.82, 2.24) is 9.97 Å². The van der Waals surface area contributed by atoms with Crippen LogP contribution in [0, 0.1) is 0 Å². The summed E-state index contributed by atoms with van der Waals surface area (Å²) in [4.78, 5) is 20.5. The number of nitrogens with one attached hydrogen (secondary N) is 1. The highest BCUT2D eigenvalue weighted by Crippen LogP contribution is 2.28. The van der Waals surface area contributed by atoms with Gasteiger partial charge in [0.15, 0.2) is 0 Å². The van der Waals surface area contributed by atoms with Gasteiger partial charge in [0.05, 0.1) is 6.42 Å². The van der Waals surface area contributed by atoms with Crippen molar-refractivity contribution in [3.8, 4) is 11.1 Å². The number of amides is 1. The van der Waals surface area contributed by atoms with Gasteiger partial charge in [-0.2, -0.15) is 0 Å². The van der Waals surface area contributed by atoms with Gasteiger partial charge in [-0.1, -0.05) is 43.3 Å². The fourth-order valence-electron chi connectivity index (χ4n) is 3.19. The maximum Gasteiger partial charge on any atom is 0.228 e. The van der Waals surface area contributed by atoms with Crippen molar-refractivity contribution in [2.24, 2.45) is 0 Å². The Balaban J connectivity index is 1.51. The van der Waals surface area contributed by atoms with Crippen LogP contribution in [0.4, 0.5) is 5.69 Å². The average Bonchev–Trinajstić information content (AvgIpc) is 3.02. The van der Waals surface area contributed by atoms with Gasteiger partial charge in [-0.3, -0.25) is 4.79 Å². The van der Waals surface area contributed by atoms with Crippen molar-refractivity contribution in [2.45, 2.75) is 25.7 Å². The molecule has 0 saturated carbocycles. The second-order valence-electron chi connectivity index (χ2n) is 6.50. The molecular weight excluding hydrogens is 310 g/mol. The summed E-state index contributed by atoms with van der Waals surface area (Å²) >= 11 is 0. The molecule has 1 aliphatic rings. The van der Waals surface area contributed by atoms with Gasteiger partial charge in [0.2, 0.25) is 5.91 Å². The number of nitrogens with zero attached hydrogens (tertiary/aromatic N) is 2. The van der Waals surface area contributed by atoms with E-state index in [0.29, 0.717) is 12.3 Å². The van der Waals surface area contributed by atoms with Crippen LogP contribution in [-0.4, -0.2) is 15.9 Å². The zero-order valence-corrected chi connectivity index (χ0v) is 14.1. The van der Waals surface area contributed by atoms with E-state index in [2.05, 4.69) is 46.5 Å². The first-order chi connectivity index (χ1) is 12.2. The molecule has 2 heterocycles. The molecule has 0 fully saturated rings. The lowest BCUT2D eigenvalue weighted by atomic mass is 9.97. The molecule has 3 aromatic rings. The molecule has 1 N–H and O–H groups in total. The third-order valence-electron chi connectivity index (χ3n) is 4.63. The number of carbonyl (C=O) groups excluding carboxylic acids is 1. The van der Waals surface area contributed by atoms with Crippen LogP contribution in [0.25, 0.3) is 11.1 Å². The summed E-state index contributed by atoms with van der Waals surface area (Å²) in [6.45, 7) is 2.19. The highest BCUT2D eigenvalue weighted by molar-refractivity contribution is 5.99. The number of hydrogen-bond acceptors (Lipinski definition) is 3. The van der Waals surface area contributed by atoms with Gasteiger partial charge in [0.1, 0.15) is 5.82 Å². The predicted molar refractivity (Wildman–Crippen MR) is 98.4 cm³/mol. The molecule has 0 radical (unpaired) electrons. The maximum absolute atomic E-state index is 11.5. The number of hydrogen-bond donors (Lipinski definition) is 1. The van der Waals surface area contributed by atoms with Crippen molar-refractivity contribution in [1.29, 1.82) is 0 Å². The Morgan fingerprint density at radius 3 is 2.56 bits per heavy atom. The first-order valence-electron chi connectivity index (χ1n) is 8.48. The van der Waals surface area contributed by atoms with E-state index in [0.717, 1.165) is 34.6 Å². The van der Waals surface area contributed by atoms with E-state index < -0.39 is 0 Å². The van der Waals surface area contributed by atoms with Gasteiger partial charge in [-0.05, 0) is 34.7 Å². The van der Waals surface area contributed by atoms with E-state index in [9.17, 15) is 4.79 Å². The van der Waals surface area contributed by atoms with Gasteiger partial charge >= 0.3 is 0 Å². The number of benzene rings is 2. The molecular formula is C21H19N3O. The van der Waals surface area contributed by atoms with Crippen LogP contribution in [0.1, 0.15) is 29.8 Å². The van der Waals surface area contributed by atoms with Crippen LogP contribution < -0.4 is 5.32 Å². The molecule has 0 aliphatic carbocycles. The normalized spacial score (nSPS) is 14.0. The van der Waals surface area contributed by atoms with E-state index >= 15 is 0 Å². The minimum absolute atomic E-state index is 0.0497. The molecule has 4 nitrogen and oxygen atoms in total. The summed E-state index contributed by atoms with van der Waals surface area (Å²) in [6.07, 6.45) is 4.99. The number of anilines is 1. The lowest BCUT2D eigenvalue weighted by Crippen LogP contribution is -2.03. The SMILES string of the molecule is C[C@@H](Cc1ncc(-c2ccc3c(c2)CC(=O)N3)cn1)c1ccccc1. The molecule has 2 aromatic carbocycles. The Hall–Kier alpha value is -3.01. The molecule has 124 valence electrons. The van der Waals surface area contributed by atoms with Crippen LogP contribution in [0.15, 0.2) is 60.9 Å². The summed E-state index contributed by atoms with van der Waals surface area (Å²) in [7, 11) is 0. The topological polar surface area (TPSA) is 54.9 Å². The van der Waals surface area contributed by atoms with Crippen LogP contribution >= 0.6 is 0 Å². The zero-order chi connectivity index (χ0) is 17.2. The van der Waals surface area contributed by atoms with Crippen molar-refractivity contribution in [3.05, 3.63) is 77.9 Å². The number of rotatable bonds is 4. The monoisotopic (exact) mass is 329 g/mol. The molecule has 4 heteroatoms. The summed E-state index contributed by atoms with van der Waals surface area (Å²) in [6, 6.07) is 16.4. The quantitative estimate of drug-likeness (QED) is 0.787. The molecule has 1 atom stereocenters. The lowest BCUT2D eigenvalue weighted by Gasteiger charge is -2.11. The fraction of sp³-hybridized carbons (Fsp3) is 0.190. The largest absolute Gasteiger partial charge is 0.326 e. The average molecular weight is 329 g/mol. The van der Waals surface area contributed by atoms with Gasteiger partial charge in [-0.25, -0.2) is 9.97 Å². The Morgan fingerprint density at radius 1 is 1.04 bits per heavy atom. The molecule has 0 spiro atoms. The Morgan fingerprint density at radius 2 is 1.80 bits per heavy atom. The summed E-state index contributed by atoms with van der Waals surface area (Å²) in [5, 5.41) is 2.85. The van der Waals surface area contributed by atoms with Crippen LogP contribution in [0.3, 0.4) is 0 Å². The first-order valence-corrected chi connectivity index (χ1v) is 8.48. The number of aromatic nitrogens is 2. The van der Waals surface area contributed by atoms with Crippen molar-refractivity contribution in [2.75, 3.05) is 5.32 Å². The molecule has 0 saturated heterocycles. The number of carbonyl (C=O) groups is 1. The number of fused-ring (bicyclic) bond motifs is 1. The minimum Gasteiger partial charge on any atom is -0.326 e. The molecule has 1 aromatic heterocycles. The summed E-state index contributed by atoms with van der Waals surface area (Å²) in [5.74, 6) is 1.27. The highest BCUT2D eigenvalue weighted by Gasteiger charge is 2.18. The smallest absolute Gasteiger partial charge is 0.228 e. The van der Waals surface area contributed by atoms with Gasteiger partial charge < -0.3 is 5.32 Å². The van der Waals surface area contributed by atoms with Gasteiger partial charge in [0.25, 0.3) is 0 Å². The molecule has 25 heavy (non-hydrogen) atoms. The third-order valence-corrected chi connectivity index (χ3v) is 4.63. The van der Waals surface area contributed by atoms with Crippen LogP contribution in [0.2, 0.25) is 0 Å². The van der Waals surface area contributed by atoms with Gasteiger partial charge in [0, 0.05) is 30.1 Å². The third kappa shape index (κ3) is 3.29. The van der Waals surface area contributed by atoms with Crippen molar-refractivity contribution in [3.63, 3.8) is 0 Å². The second-order valence-corrected chi connectivity index (χ2v) is 6.50. The second kappa shape index (κ2) is 6.48. The van der Waals surface area contributed by atoms with E-state index in [-0.39, 0.29) is 5.91 Å². The Labute approximate surface area is 147 Å². The molecule has 4 rings (SSSR count). The highest BCUT2D eigenvalue weighted by atomic mass is 16.1. The maximum atomic E-state index is 11.5. The van der Waals surface area contributed by atoms with Gasteiger partial charge in [-0.15, -0.1) is 0 Å². The van der Waals surface area contributed by atoms with Crippen molar-refractivity contribution < 1.29 is 4.79 Å². The minimum atomic E-state index is 0.0497. The summed E-state index contributed by atoms with van der Waals surface area (Å²) in [5.41, 5.74) is 5.24. The fourth-order valence-corrected chi connectivity index (χ4v) is 3.19. The molecule has 0 bridgehead atoms. The van der Waals surface area contributed by atoms with E-state index in [1.165, 1.54) is 5.56 Å². The zero-order valence-electron chi connectivity index (χ0n) is 14.1. The van der Waals surface area contributed by atoms with E-state index in [4.69, 9.17) is 0 Å². The first kappa shape index (κ1) is 15.5. The Bertz CT molecular complexity index is 904. The van der Waals surface area contributed by atoms with Crippen LogP contribution in [-0.2, 0) is 17.6 Å². The van der Waals surface area contributed by atoms with E-state index in [1.807, 2.05) is 36.7 Å². The Kier molecular flexibility index (Phi) is 4.02. The van der Waals surface area contributed by atoms with E-state index in [1.54, 1.807) is 0 Å². The molecule has 1 amide bonds. The van der Waals surface area contributed by atoms with Crippen molar-refractivity contribution >= 4 is 11.6 Å². The lowest BCUT2D eigenvalue weighted by molar-refractivity contribution is -0.115.